The van der Waals surface area contributed by atoms with Crippen LogP contribution in [0.15, 0.2) is 64.3 Å². The van der Waals surface area contributed by atoms with Crippen LogP contribution in [0.3, 0.4) is 0 Å². The van der Waals surface area contributed by atoms with Gasteiger partial charge in [0, 0.05) is 11.4 Å². The van der Waals surface area contributed by atoms with E-state index in [9.17, 15) is 0 Å². The molecule has 7 heteroatoms. The maximum atomic E-state index is 5.51. The van der Waals surface area contributed by atoms with Crippen molar-refractivity contribution in [3.8, 4) is 22.8 Å². The Morgan fingerprint density at radius 1 is 1.00 bits per heavy atom. The lowest BCUT2D eigenvalue weighted by Gasteiger charge is -2.15. The number of hydrogen-bond acceptors (Lipinski definition) is 6. The lowest BCUT2D eigenvalue weighted by atomic mass is 10.0. The first-order valence-corrected chi connectivity index (χ1v) is 11.1. The molecule has 1 aliphatic rings. The molecule has 2 aromatic heterocycles. The van der Waals surface area contributed by atoms with E-state index < -0.39 is 0 Å². The summed E-state index contributed by atoms with van der Waals surface area (Å²) in [6, 6.07) is 18.1. The Bertz CT molecular complexity index is 1150. The number of aryl methyl sites for hydroxylation is 1. The van der Waals surface area contributed by atoms with Gasteiger partial charge in [-0.15, -0.1) is 0 Å². The maximum Gasteiger partial charge on any atom is 0.237 e. The summed E-state index contributed by atoms with van der Waals surface area (Å²) in [5.74, 6) is 2.39. The smallest absolute Gasteiger partial charge is 0.237 e. The zero-order valence-corrected chi connectivity index (χ0v) is 17.6. The van der Waals surface area contributed by atoms with Gasteiger partial charge >= 0.3 is 0 Å². The molecular weight excluding hydrogens is 396 g/mol. The van der Waals surface area contributed by atoms with Crippen molar-refractivity contribution >= 4 is 11.8 Å². The molecule has 1 aliphatic carbocycles. The van der Waals surface area contributed by atoms with Crippen LogP contribution >= 0.6 is 11.8 Å². The zero-order chi connectivity index (χ0) is 20.3. The highest BCUT2D eigenvalue weighted by atomic mass is 32.2. The fraction of sp³-hybridized carbons (Fsp3) is 0.261. The van der Waals surface area contributed by atoms with Crippen LogP contribution in [0.2, 0.25) is 0 Å². The molecular formula is C23H22N4O2S. The second-order valence-electron chi connectivity index (χ2n) is 7.17. The number of fused-ring (bicyclic) bond motifs is 1. The molecule has 0 bridgehead atoms. The largest absolute Gasteiger partial charge is 0.496 e. The van der Waals surface area contributed by atoms with Crippen molar-refractivity contribution in [1.29, 1.82) is 0 Å². The number of aromatic nitrogens is 4. The summed E-state index contributed by atoms with van der Waals surface area (Å²) < 4.78 is 13.2. The molecule has 4 aromatic rings. The quantitative estimate of drug-likeness (QED) is 0.406. The molecule has 0 unspecified atom stereocenters. The van der Waals surface area contributed by atoms with Crippen molar-refractivity contribution in [3.63, 3.8) is 0 Å². The van der Waals surface area contributed by atoms with Gasteiger partial charge in [0.1, 0.15) is 5.75 Å². The Labute approximate surface area is 179 Å². The minimum Gasteiger partial charge on any atom is -0.496 e. The van der Waals surface area contributed by atoms with E-state index in [1.807, 2.05) is 30.3 Å². The first kappa shape index (κ1) is 18.9. The lowest BCUT2D eigenvalue weighted by Crippen LogP contribution is -2.07. The summed E-state index contributed by atoms with van der Waals surface area (Å²) in [4.78, 5) is 9.52. The number of thioether (sulfide) groups is 1. The van der Waals surface area contributed by atoms with E-state index in [1.54, 1.807) is 18.9 Å². The zero-order valence-electron chi connectivity index (χ0n) is 16.7. The number of benzene rings is 2. The van der Waals surface area contributed by atoms with Gasteiger partial charge in [-0.25, -0.2) is 4.98 Å². The second kappa shape index (κ2) is 8.36. The molecule has 2 heterocycles. The first-order valence-electron chi connectivity index (χ1n) is 10.1. The Balaban J connectivity index is 1.41. The predicted octanol–water partition coefficient (Wildman–Crippen LogP) is 5.10. The van der Waals surface area contributed by atoms with Gasteiger partial charge in [-0.2, -0.15) is 4.98 Å². The molecule has 2 aromatic carbocycles. The van der Waals surface area contributed by atoms with Crippen molar-refractivity contribution in [3.05, 3.63) is 71.9 Å². The summed E-state index contributed by atoms with van der Waals surface area (Å²) in [7, 11) is 1.64. The Kier molecular flexibility index (Phi) is 5.27. The molecule has 0 saturated heterocycles. The number of methoxy groups -OCH3 is 1. The molecule has 0 spiro atoms. The van der Waals surface area contributed by atoms with Crippen LogP contribution in [0.25, 0.3) is 17.1 Å². The van der Waals surface area contributed by atoms with Crippen LogP contribution < -0.4 is 4.74 Å². The fourth-order valence-electron chi connectivity index (χ4n) is 3.83. The van der Waals surface area contributed by atoms with Gasteiger partial charge in [-0.1, -0.05) is 47.3 Å². The van der Waals surface area contributed by atoms with E-state index in [-0.39, 0.29) is 0 Å². The van der Waals surface area contributed by atoms with Crippen molar-refractivity contribution < 1.29 is 9.26 Å². The summed E-state index contributed by atoms with van der Waals surface area (Å²) >= 11 is 1.63. The topological polar surface area (TPSA) is 66.0 Å². The second-order valence-corrected chi connectivity index (χ2v) is 8.11. The summed E-state index contributed by atoms with van der Waals surface area (Å²) in [6.07, 6.45) is 4.52. The van der Waals surface area contributed by atoms with E-state index in [0.29, 0.717) is 17.5 Å². The van der Waals surface area contributed by atoms with Crippen LogP contribution in [0.4, 0.5) is 0 Å². The van der Waals surface area contributed by atoms with Gasteiger partial charge in [-0.05, 0) is 49.9 Å². The third-order valence-corrected chi connectivity index (χ3v) is 6.18. The molecule has 0 N–H and O–H groups in total. The highest BCUT2D eigenvalue weighted by Crippen LogP contribution is 2.33. The van der Waals surface area contributed by atoms with E-state index in [2.05, 4.69) is 39.0 Å². The van der Waals surface area contributed by atoms with E-state index in [0.717, 1.165) is 35.0 Å². The van der Waals surface area contributed by atoms with Gasteiger partial charge in [0.15, 0.2) is 5.16 Å². The van der Waals surface area contributed by atoms with Crippen molar-refractivity contribution in [2.75, 3.05) is 7.11 Å². The normalized spacial score (nSPS) is 13.2. The minimum atomic E-state index is 0.536. The Hall–Kier alpha value is -3.06. The molecule has 0 amide bonds. The van der Waals surface area contributed by atoms with Crippen molar-refractivity contribution in [2.45, 2.75) is 36.6 Å². The van der Waals surface area contributed by atoms with E-state index >= 15 is 0 Å². The predicted molar refractivity (Wildman–Crippen MR) is 116 cm³/mol. The SMILES string of the molecule is COc1ccccc1-c1noc(CSc2nc3c(n2-c2ccccc2)CCCC3)n1. The van der Waals surface area contributed by atoms with Crippen LogP contribution in [0, 0.1) is 0 Å². The van der Waals surface area contributed by atoms with Gasteiger partial charge in [0.25, 0.3) is 0 Å². The molecule has 0 radical (unpaired) electrons. The third kappa shape index (κ3) is 3.61. The average Bonchev–Trinajstić information content (AvgIpc) is 3.42. The molecule has 152 valence electrons. The summed E-state index contributed by atoms with van der Waals surface area (Å²) in [5, 5.41) is 5.12. The molecule has 0 aliphatic heterocycles. The molecule has 0 saturated carbocycles. The number of para-hydroxylation sites is 2. The lowest BCUT2D eigenvalue weighted by molar-refractivity contribution is 0.390. The third-order valence-electron chi connectivity index (χ3n) is 5.26. The monoisotopic (exact) mass is 418 g/mol. The molecule has 30 heavy (non-hydrogen) atoms. The van der Waals surface area contributed by atoms with Gasteiger partial charge in [0.05, 0.1) is 24.1 Å². The highest BCUT2D eigenvalue weighted by molar-refractivity contribution is 7.98. The number of hydrogen-bond donors (Lipinski definition) is 0. The Morgan fingerprint density at radius 3 is 2.67 bits per heavy atom. The maximum absolute atomic E-state index is 5.51. The number of imidazole rings is 1. The summed E-state index contributed by atoms with van der Waals surface area (Å²) in [6.45, 7) is 0. The average molecular weight is 419 g/mol. The van der Waals surface area contributed by atoms with Crippen molar-refractivity contribution in [1.82, 2.24) is 19.7 Å². The van der Waals surface area contributed by atoms with Gasteiger partial charge < -0.3 is 9.26 Å². The van der Waals surface area contributed by atoms with Crippen LogP contribution in [0.1, 0.15) is 30.1 Å². The highest BCUT2D eigenvalue weighted by Gasteiger charge is 2.22. The fourth-order valence-corrected chi connectivity index (χ4v) is 4.72. The Morgan fingerprint density at radius 2 is 1.80 bits per heavy atom. The molecule has 5 rings (SSSR count). The van der Waals surface area contributed by atoms with Gasteiger partial charge in [-0.3, -0.25) is 4.57 Å². The van der Waals surface area contributed by atoms with Crippen molar-refractivity contribution in [2.24, 2.45) is 0 Å². The summed E-state index contributed by atoms with van der Waals surface area (Å²) in [5.41, 5.74) is 4.51. The molecule has 0 atom stereocenters. The first-order chi connectivity index (χ1) is 14.8. The molecule has 6 nitrogen and oxygen atoms in total. The standard InChI is InChI=1S/C23H22N4O2S/c1-28-20-14-8-5-11-17(20)22-25-21(29-26-22)15-30-23-24-18-12-6-7-13-19(18)27(23)16-9-3-2-4-10-16/h2-5,8-11,14H,6-7,12-13,15H2,1H3. The van der Waals surface area contributed by atoms with E-state index in [1.165, 1.54) is 24.2 Å². The number of nitrogens with zero attached hydrogens (tertiary/aromatic N) is 4. The van der Waals surface area contributed by atoms with Crippen LogP contribution in [-0.2, 0) is 18.6 Å². The van der Waals surface area contributed by atoms with Crippen LogP contribution in [-0.4, -0.2) is 26.8 Å². The number of ether oxygens (including phenoxy) is 1. The van der Waals surface area contributed by atoms with Gasteiger partial charge in [0.2, 0.25) is 11.7 Å². The number of rotatable bonds is 6. The minimum absolute atomic E-state index is 0.536. The van der Waals surface area contributed by atoms with E-state index in [4.69, 9.17) is 14.2 Å². The van der Waals surface area contributed by atoms with Crippen LogP contribution in [0.5, 0.6) is 5.75 Å². The molecule has 0 fully saturated rings.